The number of unbranched alkanes of at least 4 members (excludes halogenated alkanes) is 24. The number of hydrogen-bond donors (Lipinski definition) is 3. The molecule has 0 aromatic carbocycles. The van der Waals surface area contributed by atoms with Gasteiger partial charge in [-0.1, -0.05) is 216 Å². The van der Waals surface area contributed by atoms with Gasteiger partial charge in [0.25, 0.3) is 0 Å². The van der Waals surface area contributed by atoms with Crippen LogP contribution in [0.5, 0.6) is 0 Å². The summed E-state index contributed by atoms with van der Waals surface area (Å²) in [5.74, 6) is -0.586. The van der Waals surface area contributed by atoms with Crippen molar-refractivity contribution < 1.29 is 24.5 Å². The summed E-state index contributed by atoms with van der Waals surface area (Å²) in [6, 6.07) is -0.732. The molecule has 0 aliphatic rings. The van der Waals surface area contributed by atoms with Crippen LogP contribution in [0.1, 0.15) is 245 Å². The number of aliphatic hydroxyl groups is 2. The van der Waals surface area contributed by atoms with Gasteiger partial charge in [-0.25, -0.2) is 0 Å². The Morgan fingerprint density at radius 3 is 1.38 bits per heavy atom. The number of ether oxygens (including phenoxy) is 1. The second-order valence-corrected chi connectivity index (χ2v) is 17.2. The molecule has 3 N–H and O–H groups in total. The number of hydrogen-bond acceptors (Lipinski definition) is 5. The molecule has 0 heterocycles. The maximum Gasteiger partial charge on any atom is 0.306 e. The Morgan fingerprint density at radius 2 is 0.883 bits per heavy atom. The molecule has 0 aromatic heterocycles. The van der Waals surface area contributed by atoms with Crippen molar-refractivity contribution in [3.63, 3.8) is 0 Å². The molecule has 6 nitrogen and oxygen atoms in total. The molecule has 0 bridgehead atoms. The SMILES string of the molecule is CCCCC/C=C\C/C=C\C/C=C\C/C=C\CC(CC(=O)NC(CO)C(O)CCCCCCCCCCCCCCCC)OC(=O)CCCCCCC/C=C\CCCCC. The van der Waals surface area contributed by atoms with Crippen LogP contribution >= 0.6 is 0 Å². The van der Waals surface area contributed by atoms with Crippen LogP contribution in [0.25, 0.3) is 0 Å². The van der Waals surface area contributed by atoms with Crippen molar-refractivity contribution >= 4 is 11.9 Å². The van der Waals surface area contributed by atoms with Gasteiger partial charge in [0.2, 0.25) is 5.91 Å². The third kappa shape index (κ3) is 42.3. The van der Waals surface area contributed by atoms with Gasteiger partial charge < -0.3 is 20.3 Å². The molecule has 3 atom stereocenters. The van der Waals surface area contributed by atoms with Gasteiger partial charge in [-0.05, 0) is 70.6 Å². The zero-order valence-electron chi connectivity index (χ0n) is 39.6. The zero-order valence-corrected chi connectivity index (χ0v) is 39.6. The summed E-state index contributed by atoms with van der Waals surface area (Å²) >= 11 is 0. The summed E-state index contributed by atoms with van der Waals surface area (Å²) in [6.45, 7) is 6.40. The van der Waals surface area contributed by atoms with Crippen molar-refractivity contribution in [3.05, 3.63) is 60.8 Å². The zero-order chi connectivity index (χ0) is 43.8. The first-order chi connectivity index (χ1) is 29.5. The monoisotopic (exact) mass is 840 g/mol. The topological polar surface area (TPSA) is 95.9 Å². The Balaban J connectivity index is 4.71. The fraction of sp³-hybridized carbons (Fsp3) is 0.778. The largest absolute Gasteiger partial charge is 0.461 e. The molecule has 60 heavy (non-hydrogen) atoms. The number of amides is 1. The van der Waals surface area contributed by atoms with Crippen LogP contribution in [0.4, 0.5) is 0 Å². The van der Waals surface area contributed by atoms with E-state index in [2.05, 4.69) is 80.8 Å². The molecular formula is C54H97NO5. The van der Waals surface area contributed by atoms with Crippen molar-refractivity contribution in [3.8, 4) is 0 Å². The fourth-order valence-electron chi connectivity index (χ4n) is 7.40. The fourth-order valence-corrected chi connectivity index (χ4v) is 7.40. The average molecular weight is 840 g/mol. The molecule has 0 radical (unpaired) electrons. The minimum absolute atomic E-state index is 0.00218. The number of allylic oxidation sites excluding steroid dienone is 9. The first-order valence-corrected chi connectivity index (χ1v) is 25.5. The summed E-state index contributed by atoms with van der Waals surface area (Å²) in [7, 11) is 0. The predicted molar refractivity (Wildman–Crippen MR) is 259 cm³/mol. The van der Waals surface area contributed by atoms with Crippen LogP contribution in [0.3, 0.4) is 0 Å². The highest BCUT2D eigenvalue weighted by molar-refractivity contribution is 5.77. The lowest BCUT2D eigenvalue weighted by molar-refractivity contribution is -0.150. The number of carbonyl (C=O) groups is 2. The van der Waals surface area contributed by atoms with Gasteiger partial charge in [-0.15, -0.1) is 0 Å². The van der Waals surface area contributed by atoms with Gasteiger partial charge in [-0.3, -0.25) is 9.59 Å². The molecule has 0 aliphatic heterocycles. The second kappa shape index (κ2) is 47.6. The highest BCUT2D eigenvalue weighted by Crippen LogP contribution is 2.16. The van der Waals surface area contributed by atoms with Gasteiger partial charge in [0.15, 0.2) is 0 Å². The number of carbonyl (C=O) groups excluding carboxylic acids is 2. The van der Waals surface area contributed by atoms with E-state index in [4.69, 9.17) is 4.74 Å². The van der Waals surface area contributed by atoms with E-state index in [-0.39, 0.29) is 24.9 Å². The van der Waals surface area contributed by atoms with Crippen LogP contribution in [-0.4, -0.2) is 46.9 Å². The summed E-state index contributed by atoms with van der Waals surface area (Å²) < 4.78 is 5.85. The molecule has 348 valence electrons. The van der Waals surface area contributed by atoms with Gasteiger partial charge in [0.1, 0.15) is 6.10 Å². The Hall–Kier alpha value is -2.44. The number of nitrogens with one attached hydrogen (secondary N) is 1. The maximum atomic E-state index is 13.2. The molecule has 0 saturated carbocycles. The Morgan fingerprint density at radius 1 is 0.500 bits per heavy atom. The van der Waals surface area contributed by atoms with E-state index in [1.54, 1.807) is 0 Å². The summed E-state index contributed by atoms with van der Waals surface area (Å²) in [6.07, 6.45) is 58.6. The van der Waals surface area contributed by atoms with E-state index in [1.807, 2.05) is 6.08 Å². The van der Waals surface area contributed by atoms with Crippen LogP contribution in [-0.2, 0) is 14.3 Å². The highest BCUT2D eigenvalue weighted by atomic mass is 16.5. The number of esters is 1. The Kier molecular flexibility index (Phi) is 45.7. The van der Waals surface area contributed by atoms with Crippen molar-refractivity contribution in [2.45, 2.75) is 264 Å². The van der Waals surface area contributed by atoms with E-state index in [9.17, 15) is 19.8 Å². The van der Waals surface area contributed by atoms with Crippen molar-refractivity contribution in [2.75, 3.05) is 6.61 Å². The number of aliphatic hydroxyl groups excluding tert-OH is 2. The Bertz CT molecular complexity index is 1080. The molecule has 1 amide bonds. The van der Waals surface area contributed by atoms with E-state index in [0.29, 0.717) is 19.3 Å². The minimum Gasteiger partial charge on any atom is -0.461 e. The molecular weight excluding hydrogens is 743 g/mol. The quantitative estimate of drug-likeness (QED) is 0.0322. The summed E-state index contributed by atoms with van der Waals surface area (Å²) in [5, 5.41) is 23.7. The van der Waals surface area contributed by atoms with Crippen LogP contribution in [0, 0.1) is 0 Å². The lowest BCUT2D eigenvalue weighted by Gasteiger charge is -2.24. The van der Waals surface area contributed by atoms with Crippen molar-refractivity contribution in [1.82, 2.24) is 5.32 Å². The molecule has 6 heteroatoms. The minimum atomic E-state index is -0.812. The summed E-state index contributed by atoms with van der Waals surface area (Å²) in [5.41, 5.74) is 0. The lowest BCUT2D eigenvalue weighted by atomic mass is 10.0. The van der Waals surface area contributed by atoms with Gasteiger partial charge >= 0.3 is 5.97 Å². The molecule has 0 aliphatic carbocycles. The third-order valence-corrected chi connectivity index (χ3v) is 11.3. The lowest BCUT2D eigenvalue weighted by Crippen LogP contribution is -2.46. The van der Waals surface area contributed by atoms with Gasteiger partial charge in [0, 0.05) is 12.8 Å². The van der Waals surface area contributed by atoms with Crippen molar-refractivity contribution in [2.24, 2.45) is 0 Å². The standard InChI is InChI=1S/C54H97NO5/c1-4-7-10-13-16-19-22-25-27-28-30-33-36-39-42-45-50(60-54(59)47-44-41-38-35-32-24-21-18-15-12-9-6-3)48-53(58)55-51(49-56)52(57)46-43-40-37-34-31-29-26-23-20-17-14-11-8-5-2/h16,18-19,21,25,27,30,33,39,42,50-52,56-57H,4-15,17,20,22-24,26,28-29,31-32,34-38,40-41,43-49H2,1-3H3,(H,55,58)/b19-16-,21-18-,27-25-,33-30-,42-39-. The normalized spacial score (nSPS) is 13.8. The second-order valence-electron chi connectivity index (χ2n) is 17.2. The average Bonchev–Trinajstić information content (AvgIpc) is 3.24. The van der Waals surface area contributed by atoms with E-state index < -0.39 is 18.2 Å². The van der Waals surface area contributed by atoms with Gasteiger partial charge in [0.05, 0.1) is 25.2 Å². The third-order valence-electron chi connectivity index (χ3n) is 11.3. The number of rotatable bonds is 45. The summed E-state index contributed by atoms with van der Waals surface area (Å²) in [4.78, 5) is 26.1. The molecule has 0 spiro atoms. The first-order valence-electron chi connectivity index (χ1n) is 25.5. The molecule has 3 unspecified atom stereocenters. The van der Waals surface area contributed by atoms with Crippen LogP contribution in [0.15, 0.2) is 60.8 Å². The first kappa shape index (κ1) is 57.6. The highest BCUT2D eigenvalue weighted by Gasteiger charge is 2.23. The predicted octanol–water partition coefficient (Wildman–Crippen LogP) is 15.2. The van der Waals surface area contributed by atoms with E-state index >= 15 is 0 Å². The van der Waals surface area contributed by atoms with Crippen LogP contribution < -0.4 is 5.32 Å². The smallest absolute Gasteiger partial charge is 0.306 e. The molecule has 0 fully saturated rings. The molecule has 0 aromatic rings. The van der Waals surface area contributed by atoms with Crippen molar-refractivity contribution in [1.29, 1.82) is 0 Å². The van der Waals surface area contributed by atoms with Crippen LogP contribution in [0.2, 0.25) is 0 Å². The molecule has 0 saturated heterocycles. The van der Waals surface area contributed by atoms with Gasteiger partial charge in [-0.2, -0.15) is 0 Å². The maximum absolute atomic E-state index is 13.2. The van der Waals surface area contributed by atoms with E-state index in [0.717, 1.165) is 64.2 Å². The molecule has 0 rings (SSSR count). The Labute approximate surface area is 371 Å². The van der Waals surface area contributed by atoms with E-state index in [1.165, 1.54) is 135 Å².